The van der Waals surface area contributed by atoms with Crippen molar-refractivity contribution in [2.75, 3.05) is 13.2 Å². The second kappa shape index (κ2) is 9.38. The normalized spacial score (nSPS) is 41.2. The summed E-state index contributed by atoms with van der Waals surface area (Å²) in [5.74, 6) is -2.94. The molecule has 0 aliphatic carbocycles. The SMILES string of the molecule is O=C(c1ccc(C(=O)C2O[C@H](CO)[C@H](O)[C@H](O)[C@H]2O)o1)C1O[C@H](CO)[C@H](O)[C@H](O)[C@H]1O. The molecule has 2 aliphatic heterocycles. The van der Waals surface area contributed by atoms with E-state index in [9.17, 15) is 50.4 Å². The molecule has 174 valence electrons. The molecule has 31 heavy (non-hydrogen) atoms. The lowest BCUT2D eigenvalue weighted by Crippen LogP contribution is -2.60. The quantitative estimate of drug-likeness (QED) is 0.192. The molecule has 8 N–H and O–H groups in total. The number of furan rings is 1. The summed E-state index contributed by atoms with van der Waals surface area (Å²) in [5.41, 5.74) is 0. The first-order valence-electron chi connectivity index (χ1n) is 9.41. The number of hydrogen-bond donors (Lipinski definition) is 8. The van der Waals surface area contributed by atoms with E-state index in [1.807, 2.05) is 0 Å². The minimum absolute atomic E-state index is 0.475. The lowest BCUT2D eigenvalue weighted by atomic mass is 9.92. The highest BCUT2D eigenvalue weighted by Crippen LogP contribution is 2.27. The van der Waals surface area contributed by atoms with E-state index in [2.05, 4.69) is 0 Å². The molecule has 2 saturated heterocycles. The zero-order valence-electron chi connectivity index (χ0n) is 16.0. The molecule has 2 aliphatic rings. The smallest absolute Gasteiger partial charge is 0.229 e. The summed E-state index contributed by atoms with van der Waals surface area (Å²) >= 11 is 0. The third-order valence-corrected chi connectivity index (χ3v) is 5.39. The number of Topliss-reactive ketones (excluding diaryl/α,β-unsaturated/α-hetero) is 2. The number of aliphatic hydroxyl groups excluding tert-OH is 8. The Labute approximate surface area is 174 Å². The molecule has 0 radical (unpaired) electrons. The molecule has 1 aromatic heterocycles. The van der Waals surface area contributed by atoms with Crippen molar-refractivity contribution in [3.05, 3.63) is 23.7 Å². The summed E-state index contributed by atoms with van der Waals surface area (Å²) < 4.78 is 15.5. The zero-order chi connectivity index (χ0) is 23.0. The van der Waals surface area contributed by atoms with Crippen molar-refractivity contribution < 1.29 is 64.3 Å². The molecular formula is C18H24O13. The average Bonchev–Trinajstić information content (AvgIpc) is 3.26. The standard InChI is InChI=1S/C18H24O13/c19-3-7-9(21)13(25)15(27)17(30-7)11(23)5-1-2-6(29-5)12(24)18-16(28)14(26)10(22)8(4-20)31-18/h1-2,7-10,13-22,25-28H,3-4H2/t7-,8-,9+,10+,13+,14+,15-,16-,17?,18?/m1/s1. The monoisotopic (exact) mass is 448 g/mol. The van der Waals surface area contributed by atoms with Gasteiger partial charge in [-0.2, -0.15) is 0 Å². The van der Waals surface area contributed by atoms with E-state index in [-0.39, 0.29) is 0 Å². The highest BCUT2D eigenvalue weighted by molar-refractivity contribution is 6.01. The fourth-order valence-corrected chi connectivity index (χ4v) is 3.52. The maximum atomic E-state index is 12.6. The van der Waals surface area contributed by atoms with E-state index in [1.54, 1.807) is 0 Å². The summed E-state index contributed by atoms with van der Waals surface area (Å²) in [6, 6.07) is 2.11. The summed E-state index contributed by atoms with van der Waals surface area (Å²) in [4.78, 5) is 25.3. The molecule has 13 heteroatoms. The zero-order valence-corrected chi connectivity index (χ0v) is 16.0. The van der Waals surface area contributed by atoms with Crippen LogP contribution in [0.1, 0.15) is 21.1 Å². The topological polar surface area (TPSA) is 228 Å². The van der Waals surface area contributed by atoms with Crippen LogP contribution in [-0.2, 0) is 9.47 Å². The molecule has 0 bridgehead atoms. The first-order valence-corrected chi connectivity index (χ1v) is 9.41. The summed E-state index contributed by atoms with van der Waals surface area (Å²) in [7, 11) is 0. The van der Waals surface area contributed by atoms with Gasteiger partial charge < -0.3 is 54.7 Å². The van der Waals surface area contributed by atoms with E-state index in [0.29, 0.717) is 0 Å². The summed E-state index contributed by atoms with van der Waals surface area (Å²) in [6.07, 6.45) is -16.7. The fraction of sp³-hybridized carbons (Fsp3) is 0.667. The van der Waals surface area contributed by atoms with E-state index in [0.717, 1.165) is 12.1 Å². The van der Waals surface area contributed by atoms with Gasteiger partial charge in [-0.25, -0.2) is 0 Å². The number of ether oxygens (including phenoxy) is 2. The Bertz CT molecular complexity index is 727. The van der Waals surface area contributed by atoms with Gasteiger partial charge in [-0.3, -0.25) is 9.59 Å². The van der Waals surface area contributed by atoms with E-state index in [4.69, 9.17) is 13.9 Å². The minimum atomic E-state index is -1.85. The van der Waals surface area contributed by atoms with Crippen LogP contribution in [0.25, 0.3) is 0 Å². The van der Waals surface area contributed by atoms with Crippen molar-refractivity contribution in [2.24, 2.45) is 0 Å². The lowest BCUT2D eigenvalue weighted by molar-refractivity contribution is -0.216. The number of rotatable bonds is 6. The Morgan fingerprint density at radius 1 is 0.645 bits per heavy atom. The van der Waals surface area contributed by atoms with Crippen molar-refractivity contribution in [3.63, 3.8) is 0 Å². The molecule has 0 spiro atoms. The van der Waals surface area contributed by atoms with Crippen LogP contribution in [0.15, 0.2) is 16.5 Å². The second-order valence-electron chi connectivity index (χ2n) is 7.39. The number of aliphatic hydroxyl groups is 8. The number of hydrogen-bond acceptors (Lipinski definition) is 13. The van der Waals surface area contributed by atoms with Crippen LogP contribution < -0.4 is 0 Å². The lowest BCUT2D eigenvalue weighted by Gasteiger charge is -2.39. The van der Waals surface area contributed by atoms with E-state index < -0.39 is 97.3 Å². The Hall–Kier alpha value is -1.78. The maximum absolute atomic E-state index is 12.6. The number of carbonyl (C=O) groups excluding carboxylic acids is 2. The van der Waals surface area contributed by atoms with Crippen LogP contribution in [-0.4, -0.2) is 127 Å². The van der Waals surface area contributed by atoms with Crippen LogP contribution in [0.3, 0.4) is 0 Å². The van der Waals surface area contributed by atoms with Crippen molar-refractivity contribution in [3.8, 4) is 0 Å². The number of carbonyl (C=O) groups is 2. The molecule has 10 atom stereocenters. The molecule has 2 fully saturated rings. The Balaban J connectivity index is 1.78. The first kappa shape index (κ1) is 23.9. The molecule has 0 amide bonds. The summed E-state index contributed by atoms with van der Waals surface area (Å²) in [5, 5.41) is 77.7. The third kappa shape index (κ3) is 4.29. The van der Waals surface area contributed by atoms with Crippen LogP contribution in [0.4, 0.5) is 0 Å². The van der Waals surface area contributed by atoms with Gasteiger partial charge in [-0.15, -0.1) is 0 Å². The molecular weight excluding hydrogens is 424 g/mol. The van der Waals surface area contributed by atoms with E-state index in [1.165, 1.54) is 0 Å². The predicted molar refractivity (Wildman–Crippen MR) is 94.9 cm³/mol. The van der Waals surface area contributed by atoms with Gasteiger partial charge in [-0.1, -0.05) is 0 Å². The molecule has 3 heterocycles. The van der Waals surface area contributed by atoms with Crippen LogP contribution >= 0.6 is 0 Å². The second-order valence-corrected chi connectivity index (χ2v) is 7.39. The summed E-state index contributed by atoms with van der Waals surface area (Å²) in [6.45, 7) is -1.48. The van der Waals surface area contributed by atoms with Crippen LogP contribution in [0, 0.1) is 0 Å². The Morgan fingerprint density at radius 3 is 1.32 bits per heavy atom. The molecule has 0 saturated carbocycles. The molecule has 13 nitrogen and oxygen atoms in total. The van der Waals surface area contributed by atoms with Gasteiger partial charge >= 0.3 is 0 Å². The molecule has 0 aromatic carbocycles. The Kier molecular flexibility index (Phi) is 7.22. The average molecular weight is 448 g/mol. The van der Waals surface area contributed by atoms with Crippen molar-refractivity contribution in [2.45, 2.75) is 61.0 Å². The minimum Gasteiger partial charge on any atom is -0.450 e. The maximum Gasteiger partial charge on any atom is 0.229 e. The highest BCUT2D eigenvalue weighted by Gasteiger charge is 2.49. The van der Waals surface area contributed by atoms with Gasteiger partial charge in [0.2, 0.25) is 11.6 Å². The van der Waals surface area contributed by atoms with Gasteiger partial charge in [0.25, 0.3) is 0 Å². The van der Waals surface area contributed by atoms with Gasteiger partial charge in [-0.05, 0) is 12.1 Å². The molecule has 2 unspecified atom stereocenters. The fourth-order valence-electron chi connectivity index (χ4n) is 3.52. The van der Waals surface area contributed by atoms with E-state index >= 15 is 0 Å². The van der Waals surface area contributed by atoms with Gasteiger partial charge in [0.15, 0.2) is 23.7 Å². The Morgan fingerprint density at radius 2 is 1.00 bits per heavy atom. The van der Waals surface area contributed by atoms with Crippen LogP contribution in [0.5, 0.6) is 0 Å². The molecule has 3 rings (SSSR count). The van der Waals surface area contributed by atoms with Gasteiger partial charge in [0.05, 0.1) is 13.2 Å². The number of ketones is 2. The predicted octanol–water partition coefficient (Wildman–Crippen LogP) is -4.67. The largest absolute Gasteiger partial charge is 0.450 e. The molecule has 1 aromatic rings. The third-order valence-electron chi connectivity index (χ3n) is 5.39. The van der Waals surface area contributed by atoms with Gasteiger partial charge in [0, 0.05) is 0 Å². The van der Waals surface area contributed by atoms with Gasteiger partial charge in [0.1, 0.15) is 48.8 Å². The van der Waals surface area contributed by atoms with Crippen LogP contribution in [0.2, 0.25) is 0 Å². The van der Waals surface area contributed by atoms with Crippen molar-refractivity contribution in [1.29, 1.82) is 0 Å². The highest BCUT2D eigenvalue weighted by atomic mass is 16.6. The van der Waals surface area contributed by atoms with Crippen molar-refractivity contribution in [1.82, 2.24) is 0 Å². The first-order chi connectivity index (χ1) is 14.6. The van der Waals surface area contributed by atoms with Crippen molar-refractivity contribution >= 4 is 11.6 Å².